The van der Waals surface area contributed by atoms with E-state index in [0.29, 0.717) is 22.7 Å². The first-order valence-corrected chi connectivity index (χ1v) is 10.4. The third-order valence-electron chi connectivity index (χ3n) is 5.30. The van der Waals surface area contributed by atoms with E-state index in [0.717, 1.165) is 5.69 Å². The number of benzene rings is 2. The number of carbonyl (C=O) groups is 2. The molecule has 1 unspecified atom stereocenters. The van der Waals surface area contributed by atoms with Gasteiger partial charge in [0.1, 0.15) is 22.8 Å². The smallest absolute Gasteiger partial charge is 0.387 e. The third kappa shape index (κ3) is 5.19. The number of alkyl halides is 2. The molecule has 0 aliphatic carbocycles. The van der Waals surface area contributed by atoms with Gasteiger partial charge in [0, 0.05) is 28.7 Å². The Morgan fingerprint density at radius 2 is 1.53 bits per heavy atom. The fraction of sp³-hybridized carbons (Fsp3) is 0.280. The maximum Gasteiger partial charge on any atom is 0.387 e. The third-order valence-corrected chi connectivity index (χ3v) is 5.30. The first kappa shape index (κ1) is 24.8. The Kier molecular flexibility index (Phi) is 7.55. The van der Waals surface area contributed by atoms with Crippen molar-refractivity contribution in [3.63, 3.8) is 0 Å². The van der Waals surface area contributed by atoms with Crippen molar-refractivity contribution in [3.8, 4) is 22.9 Å². The van der Waals surface area contributed by atoms with Crippen LogP contribution in [-0.4, -0.2) is 43.3 Å². The zero-order valence-corrected chi connectivity index (χ0v) is 19.4. The van der Waals surface area contributed by atoms with Gasteiger partial charge in [0.2, 0.25) is 5.78 Å². The Hall–Kier alpha value is -3.88. The van der Waals surface area contributed by atoms with Crippen LogP contribution < -0.4 is 14.2 Å². The lowest BCUT2D eigenvalue weighted by Gasteiger charge is -2.15. The van der Waals surface area contributed by atoms with Crippen LogP contribution in [0, 0.1) is 13.8 Å². The molecule has 0 amide bonds. The molecule has 0 bridgehead atoms. The largest absolute Gasteiger partial charge is 0.497 e. The zero-order valence-electron chi connectivity index (χ0n) is 19.4. The molecule has 9 heteroatoms. The molecule has 0 radical (unpaired) electrons. The van der Waals surface area contributed by atoms with Crippen molar-refractivity contribution in [1.82, 2.24) is 4.57 Å². The summed E-state index contributed by atoms with van der Waals surface area (Å²) < 4.78 is 46.8. The summed E-state index contributed by atoms with van der Waals surface area (Å²) in [6.07, 6.45) is -1.06. The molecule has 1 aromatic heterocycles. The molecule has 2 aromatic carbocycles. The summed E-state index contributed by atoms with van der Waals surface area (Å²) in [5.74, 6) is -0.270. The minimum absolute atomic E-state index is 0.0343. The molecular weight excluding hydrogens is 448 g/mol. The Morgan fingerprint density at radius 1 is 0.882 bits per heavy atom. The number of halogens is 2. The van der Waals surface area contributed by atoms with Gasteiger partial charge in [-0.15, -0.1) is 0 Å². The summed E-state index contributed by atoms with van der Waals surface area (Å²) in [7, 11) is 2.91. The molecule has 7 nitrogen and oxygen atoms in total. The van der Waals surface area contributed by atoms with Gasteiger partial charge >= 0.3 is 12.6 Å². The van der Waals surface area contributed by atoms with Gasteiger partial charge < -0.3 is 23.5 Å². The van der Waals surface area contributed by atoms with Crippen LogP contribution >= 0.6 is 0 Å². The van der Waals surface area contributed by atoms with E-state index in [4.69, 9.17) is 14.2 Å². The Labute approximate surface area is 195 Å². The molecule has 0 aliphatic heterocycles. The van der Waals surface area contributed by atoms with E-state index in [1.54, 1.807) is 41.8 Å². The molecule has 1 heterocycles. The minimum atomic E-state index is -2.91. The number of nitrogens with zero attached hydrogens (tertiary/aromatic N) is 1. The highest BCUT2D eigenvalue weighted by Crippen LogP contribution is 2.27. The standard InChI is InChI=1S/C25H25F2NO6/c1-14-12-21(15(2)28(14)17-6-8-18(9-7-17)34-25(26)27)23(29)16(3)33-24(30)20-11-10-19(31-4)13-22(20)32-5/h6-13,16,25H,1-5H3. The van der Waals surface area contributed by atoms with Crippen molar-refractivity contribution in [2.45, 2.75) is 33.5 Å². The van der Waals surface area contributed by atoms with E-state index < -0.39 is 18.7 Å². The number of hydrogen-bond donors (Lipinski definition) is 0. The van der Waals surface area contributed by atoms with Gasteiger partial charge in [-0.05, 0) is 63.2 Å². The van der Waals surface area contributed by atoms with E-state index in [-0.39, 0.29) is 22.8 Å². The molecular formula is C25H25F2NO6. The molecule has 3 rings (SSSR count). The van der Waals surface area contributed by atoms with Crippen LogP contribution in [0.2, 0.25) is 0 Å². The molecule has 34 heavy (non-hydrogen) atoms. The summed E-state index contributed by atoms with van der Waals surface area (Å²) in [4.78, 5) is 25.8. The molecule has 0 fully saturated rings. The number of aryl methyl sites for hydroxylation is 1. The number of carbonyl (C=O) groups excluding carboxylic acids is 2. The highest BCUT2D eigenvalue weighted by atomic mass is 19.3. The van der Waals surface area contributed by atoms with Crippen LogP contribution in [-0.2, 0) is 4.74 Å². The molecule has 1 atom stereocenters. The Bertz CT molecular complexity index is 1190. The fourth-order valence-electron chi connectivity index (χ4n) is 3.65. The lowest BCUT2D eigenvalue weighted by molar-refractivity contribution is -0.0498. The van der Waals surface area contributed by atoms with Crippen molar-refractivity contribution in [1.29, 1.82) is 0 Å². The topological polar surface area (TPSA) is 76.0 Å². The van der Waals surface area contributed by atoms with Crippen LogP contribution in [0.25, 0.3) is 5.69 Å². The normalized spacial score (nSPS) is 11.8. The van der Waals surface area contributed by atoms with Gasteiger partial charge in [-0.2, -0.15) is 8.78 Å². The summed E-state index contributed by atoms with van der Waals surface area (Å²) in [6.45, 7) is 2.16. The van der Waals surface area contributed by atoms with Crippen molar-refractivity contribution in [2.75, 3.05) is 14.2 Å². The van der Waals surface area contributed by atoms with E-state index in [1.165, 1.54) is 39.3 Å². The summed E-state index contributed by atoms with van der Waals surface area (Å²) in [5, 5.41) is 0. The van der Waals surface area contributed by atoms with Gasteiger partial charge in [0.15, 0.2) is 6.10 Å². The average molecular weight is 473 g/mol. The van der Waals surface area contributed by atoms with Crippen molar-refractivity contribution in [2.24, 2.45) is 0 Å². The second-order valence-electron chi connectivity index (χ2n) is 7.47. The number of esters is 1. The van der Waals surface area contributed by atoms with Crippen molar-refractivity contribution in [3.05, 3.63) is 71.0 Å². The zero-order chi connectivity index (χ0) is 25.0. The molecule has 180 valence electrons. The number of hydrogen-bond acceptors (Lipinski definition) is 6. The maximum atomic E-state index is 13.1. The van der Waals surface area contributed by atoms with Crippen LogP contribution in [0.5, 0.6) is 17.2 Å². The van der Waals surface area contributed by atoms with Gasteiger partial charge in [0.05, 0.1) is 14.2 Å². The molecule has 0 saturated carbocycles. The summed E-state index contributed by atoms with van der Waals surface area (Å²) >= 11 is 0. The lowest BCUT2D eigenvalue weighted by Crippen LogP contribution is -2.25. The van der Waals surface area contributed by atoms with E-state index in [9.17, 15) is 18.4 Å². The van der Waals surface area contributed by atoms with Crippen LogP contribution in [0.15, 0.2) is 48.5 Å². The monoisotopic (exact) mass is 473 g/mol. The van der Waals surface area contributed by atoms with E-state index in [1.807, 2.05) is 6.92 Å². The lowest BCUT2D eigenvalue weighted by atomic mass is 10.1. The number of ether oxygens (including phenoxy) is 4. The average Bonchev–Trinajstić information content (AvgIpc) is 3.11. The van der Waals surface area contributed by atoms with E-state index in [2.05, 4.69) is 4.74 Å². The van der Waals surface area contributed by atoms with E-state index >= 15 is 0 Å². The second kappa shape index (κ2) is 10.4. The summed E-state index contributed by atoms with van der Waals surface area (Å²) in [6, 6.07) is 12.4. The number of aromatic nitrogens is 1. The molecule has 0 aliphatic rings. The number of ketones is 1. The Balaban J connectivity index is 1.80. The fourth-order valence-corrected chi connectivity index (χ4v) is 3.65. The number of methoxy groups -OCH3 is 2. The quantitative estimate of drug-likeness (QED) is 0.316. The first-order valence-electron chi connectivity index (χ1n) is 10.4. The van der Waals surface area contributed by atoms with Crippen LogP contribution in [0.4, 0.5) is 8.78 Å². The highest BCUT2D eigenvalue weighted by Gasteiger charge is 2.26. The van der Waals surface area contributed by atoms with Crippen LogP contribution in [0.1, 0.15) is 39.0 Å². The highest BCUT2D eigenvalue weighted by molar-refractivity contribution is 6.03. The SMILES string of the molecule is COc1ccc(C(=O)OC(C)C(=O)c2cc(C)n(-c3ccc(OC(F)F)cc3)c2C)c(OC)c1. The first-order chi connectivity index (χ1) is 16.2. The van der Waals surface area contributed by atoms with Gasteiger partial charge in [0.25, 0.3) is 0 Å². The van der Waals surface area contributed by atoms with Crippen LogP contribution in [0.3, 0.4) is 0 Å². The predicted octanol–water partition coefficient (Wildman–Crippen LogP) is 5.14. The molecule has 0 N–H and O–H groups in total. The minimum Gasteiger partial charge on any atom is -0.497 e. The molecule has 3 aromatic rings. The van der Waals surface area contributed by atoms with Crippen molar-refractivity contribution >= 4 is 11.8 Å². The van der Waals surface area contributed by atoms with Gasteiger partial charge in [-0.1, -0.05) is 0 Å². The molecule has 0 saturated heterocycles. The number of Topliss-reactive ketones (excluding diaryl/α,β-unsaturated/α-hetero) is 1. The van der Waals surface area contributed by atoms with Gasteiger partial charge in [-0.25, -0.2) is 4.79 Å². The predicted molar refractivity (Wildman–Crippen MR) is 121 cm³/mol. The summed E-state index contributed by atoms with van der Waals surface area (Å²) in [5.41, 5.74) is 2.59. The molecule has 0 spiro atoms. The Morgan fingerprint density at radius 3 is 2.12 bits per heavy atom. The number of rotatable bonds is 9. The maximum absolute atomic E-state index is 13.1. The van der Waals surface area contributed by atoms with Gasteiger partial charge in [-0.3, -0.25) is 4.79 Å². The second-order valence-corrected chi connectivity index (χ2v) is 7.47. The van der Waals surface area contributed by atoms with Crippen molar-refractivity contribution < 1.29 is 37.3 Å².